The van der Waals surface area contributed by atoms with Gasteiger partial charge in [0.2, 0.25) is 5.95 Å². The monoisotopic (exact) mass is 364 g/mol. The van der Waals surface area contributed by atoms with Crippen LogP contribution in [-0.4, -0.2) is 27.2 Å². The van der Waals surface area contributed by atoms with Crippen LogP contribution in [0, 0.1) is 6.92 Å². The molecule has 0 aliphatic rings. The van der Waals surface area contributed by atoms with Crippen molar-refractivity contribution in [1.82, 2.24) is 20.2 Å². The van der Waals surface area contributed by atoms with Gasteiger partial charge in [0.15, 0.2) is 0 Å². The van der Waals surface area contributed by atoms with Crippen LogP contribution in [0.1, 0.15) is 5.69 Å². The van der Waals surface area contributed by atoms with E-state index in [1.807, 2.05) is 61.3 Å². The second-order valence-corrected chi connectivity index (χ2v) is 6.36. The first-order valence-electron chi connectivity index (χ1n) is 8.15. The smallest absolute Gasteiger partial charge is 0.229 e. The highest BCUT2D eigenvalue weighted by Crippen LogP contribution is 2.28. The van der Waals surface area contributed by atoms with Crippen LogP contribution in [-0.2, 0) is 0 Å². The van der Waals surface area contributed by atoms with Crippen LogP contribution in [0.25, 0.3) is 10.9 Å². The van der Waals surface area contributed by atoms with Gasteiger partial charge in [0.25, 0.3) is 0 Å². The first-order valence-corrected chi connectivity index (χ1v) is 8.52. The normalized spacial score (nSPS) is 10.9. The van der Waals surface area contributed by atoms with Crippen molar-refractivity contribution in [2.45, 2.75) is 6.92 Å². The van der Waals surface area contributed by atoms with Crippen molar-refractivity contribution in [3.05, 3.63) is 65.4 Å². The molecule has 4 rings (SSSR count). The van der Waals surface area contributed by atoms with Crippen molar-refractivity contribution in [3.8, 4) is 0 Å². The maximum absolute atomic E-state index is 6.19. The van der Waals surface area contributed by atoms with Crippen LogP contribution in [0.2, 0.25) is 5.02 Å². The summed E-state index contributed by atoms with van der Waals surface area (Å²) < 4.78 is 0. The predicted octanol–water partition coefficient (Wildman–Crippen LogP) is 4.83. The molecule has 2 aromatic heterocycles. The molecule has 0 atom stereocenters. The molecule has 7 heteroatoms. The van der Waals surface area contributed by atoms with Gasteiger partial charge in [-0.25, -0.2) is 4.98 Å². The topological polar surface area (TPSA) is 69.7 Å². The highest BCUT2D eigenvalue weighted by Gasteiger charge is 2.10. The maximum atomic E-state index is 6.19. The third-order valence-electron chi connectivity index (χ3n) is 4.22. The number of para-hydroxylation sites is 1. The van der Waals surface area contributed by atoms with Gasteiger partial charge in [0, 0.05) is 30.0 Å². The summed E-state index contributed by atoms with van der Waals surface area (Å²) in [5.41, 5.74) is 3.74. The van der Waals surface area contributed by atoms with E-state index >= 15 is 0 Å². The number of nitrogens with zero attached hydrogens (tertiary/aromatic N) is 4. The Balaban J connectivity index is 1.63. The van der Waals surface area contributed by atoms with Crippen molar-refractivity contribution in [2.75, 3.05) is 17.3 Å². The van der Waals surface area contributed by atoms with E-state index in [0.717, 1.165) is 33.8 Å². The zero-order valence-corrected chi connectivity index (χ0v) is 15.1. The van der Waals surface area contributed by atoms with Gasteiger partial charge in [-0.15, -0.1) is 0 Å². The van der Waals surface area contributed by atoms with Crippen molar-refractivity contribution in [2.24, 2.45) is 0 Å². The molecule has 0 aliphatic carbocycles. The number of hydrogen-bond acceptors (Lipinski definition) is 5. The molecule has 0 unspecified atom stereocenters. The average Bonchev–Trinajstić information content (AvgIpc) is 3.04. The van der Waals surface area contributed by atoms with Crippen molar-refractivity contribution >= 4 is 45.6 Å². The van der Waals surface area contributed by atoms with Crippen LogP contribution < -0.4 is 10.2 Å². The number of aryl methyl sites for hydroxylation is 1. The van der Waals surface area contributed by atoms with E-state index in [4.69, 9.17) is 11.6 Å². The van der Waals surface area contributed by atoms with Gasteiger partial charge in [0.1, 0.15) is 5.82 Å². The maximum Gasteiger partial charge on any atom is 0.229 e. The van der Waals surface area contributed by atoms with Crippen LogP contribution in [0.4, 0.5) is 23.1 Å². The summed E-state index contributed by atoms with van der Waals surface area (Å²) >= 11 is 6.19. The molecule has 0 fully saturated rings. The second kappa shape index (κ2) is 6.65. The zero-order chi connectivity index (χ0) is 18.1. The van der Waals surface area contributed by atoms with Gasteiger partial charge >= 0.3 is 0 Å². The molecule has 0 saturated heterocycles. The predicted molar refractivity (Wildman–Crippen MR) is 106 cm³/mol. The standard InChI is InChI=1S/C19H17ClN6/c1-12-14-8-7-13(11-17(14)25-24-12)26(2)18-9-10-21-19(23-18)22-16-6-4-3-5-15(16)20/h3-11H,1-2H3,(H,24,25)(H,21,22,23). The number of H-pyrrole nitrogens is 1. The minimum atomic E-state index is 0.485. The summed E-state index contributed by atoms with van der Waals surface area (Å²) in [4.78, 5) is 10.9. The third-order valence-corrected chi connectivity index (χ3v) is 4.55. The molecule has 130 valence electrons. The molecule has 0 spiro atoms. The van der Waals surface area contributed by atoms with Gasteiger partial charge in [-0.1, -0.05) is 23.7 Å². The first kappa shape index (κ1) is 16.4. The Labute approximate surface area is 155 Å². The summed E-state index contributed by atoms with van der Waals surface area (Å²) in [6.45, 7) is 2.01. The fraction of sp³-hybridized carbons (Fsp3) is 0.105. The Kier molecular flexibility index (Phi) is 4.18. The molecule has 0 bridgehead atoms. The number of benzene rings is 2. The molecule has 4 aromatic rings. The van der Waals surface area contributed by atoms with Crippen LogP contribution >= 0.6 is 11.6 Å². The van der Waals surface area contributed by atoms with Gasteiger partial charge in [-0.05, 0) is 43.3 Å². The molecular formula is C19H17ClN6. The lowest BCUT2D eigenvalue weighted by atomic mass is 10.2. The number of aromatic nitrogens is 4. The lowest BCUT2D eigenvalue weighted by Crippen LogP contribution is -2.12. The van der Waals surface area contributed by atoms with Gasteiger partial charge in [-0.3, -0.25) is 5.10 Å². The van der Waals surface area contributed by atoms with E-state index in [0.29, 0.717) is 11.0 Å². The van der Waals surface area contributed by atoms with E-state index in [9.17, 15) is 0 Å². The highest BCUT2D eigenvalue weighted by molar-refractivity contribution is 6.33. The third kappa shape index (κ3) is 3.07. The lowest BCUT2D eigenvalue weighted by Gasteiger charge is -2.19. The van der Waals surface area contributed by atoms with E-state index in [2.05, 4.69) is 31.5 Å². The number of halogens is 1. The molecule has 2 heterocycles. The van der Waals surface area contributed by atoms with E-state index in [1.165, 1.54) is 0 Å². The lowest BCUT2D eigenvalue weighted by molar-refractivity contribution is 1.07. The Morgan fingerprint density at radius 3 is 2.81 bits per heavy atom. The van der Waals surface area contributed by atoms with Crippen molar-refractivity contribution < 1.29 is 0 Å². The molecule has 2 N–H and O–H groups in total. The van der Waals surface area contributed by atoms with Gasteiger partial charge < -0.3 is 10.2 Å². The Morgan fingerprint density at radius 2 is 1.96 bits per heavy atom. The van der Waals surface area contributed by atoms with E-state index in [-0.39, 0.29) is 0 Å². The molecule has 0 saturated carbocycles. The van der Waals surface area contributed by atoms with Crippen LogP contribution in [0.3, 0.4) is 0 Å². The second-order valence-electron chi connectivity index (χ2n) is 5.95. The Hall–Kier alpha value is -3.12. The highest BCUT2D eigenvalue weighted by atomic mass is 35.5. The fourth-order valence-electron chi connectivity index (χ4n) is 2.75. The summed E-state index contributed by atoms with van der Waals surface area (Å²) in [6.07, 6.45) is 1.72. The van der Waals surface area contributed by atoms with Crippen LogP contribution in [0.15, 0.2) is 54.7 Å². The minimum Gasteiger partial charge on any atom is -0.329 e. The van der Waals surface area contributed by atoms with E-state index < -0.39 is 0 Å². The van der Waals surface area contributed by atoms with Gasteiger partial charge in [-0.2, -0.15) is 10.1 Å². The quantitative estimate of drug-likeness (QED) is 0.543. The minimum absolute atomic E-state index is 0.485. The molecule has 26 heavy (non-hydrogen) atoms. The molecule has 2 aromatic carbocycles. The number of anilines is 4. The largest absolute Gasteiger partial charge is 0.329 e. The number of rotatable bonds is 4. The molecule has 6 nitrogen and oxygen atoms in total. The summed E-state index contributed by atoms with van der Waals surface area (Å²) in [5.74, 6) is 1.25. The number of nitrogens with one attached hydrogen (secondary N) is 2. The van der Waals surface area contributed by atoms with E-state index in [1.54, 1.807) is 6.20 Å². The Morgan fingerprint density at radius 1 is 1.12 bits per heavy atom. The summed E-state index contributed by atoms with van der Waals surface area (Å²) in [5, 5.41) is 12.2. The van der Waals surface area contributed by atoms with Crippen molar-refractivity contribution in [1.29, 1.82) is 0 Å². The number of aromatic amines is 1. The molecule has 0 radical (unpaired) electrons. The number of hydrogen-bond donors (Lipinski definition) is 2. The van der Waals surface area contributed by atoms with Crippen LogP contribution in [0.5, 0.6) is 0 Å². The Bertz CT molecular complexity index is 1070. The van der Waals surface area contributed by atoms with Crippen molar-refractivity contribution in [3.63, 3.8) is 0 Å². The summed E-state index contributed by atoms with van der Waals surface area (Å²) in [6, 6.07) is 15.5. The molecule has 0 amide bonds. The fourth-order valence-corrected chi connectivity index (χ4v) is 2.94. The summed E-state index contributed by atoms with van der Waals surface area (Å²) in [7, 11) is 1.96. The zero-order valence-electron chi connectivity index (χ0n) is 14.4. The molecule has 0 aliphatic heterocycles. The first-order chi connectivity index (χ1) is 12.6. The van der Waals surface area contributed by atoms with Gasteiger partial charge in [0.05, 0.1) is 16.2 Å². The molecular weight excluding hydrogens is 348 g/mol. The average molecular weight is 365 g/mol. The SMILES string of the molecule is Cc1[nH]nc2cc(N(C)c3ccnc(Nc4ccccc4Cl)n3)ccc12. The number of fused-ring (bicyclic) bond motifs is 1.